The van der Waals surface area contributed by atoms with Crippen LogP contribution in [0.15, 0.2) is 6.20 Å². The van der Waals surface area contributed by atoms with E-state index in [4.69, 9.17) is 5.73 Å². The molecule has 0 bridgehead atoms. The van der Waals surface area contributed by atoms with Gasteiger partial charge in [0.1, 0.15) is 11.5 Å². The first kappa shape index (κ1) is 17.1. The van der Waals surface area contributed by atoms with Gasteiger partial charge in [0.25, 0.3) is 5.91 Å². The zero-order chi connectivity index (χ0) is 18.3. The summed E-state index contributed by atoms with van der Waals surface area (Å²) < 4.78 is 1.90. The monoisotopic (exact) mass is 359 g/mol. The van der Waals surface area contributed by atoms with E-state index in [9.17, 15) is 14.4 Å². The number of hydrogen-bond acceptors (Lipinski definition) is 4. The molecule has 26 heavy (non-hydrogen) atoms. The van der Waals surface area contributed by atoms with Crippen LogP contribution in [-0.4, -0.2) is 62.7 Å². The third kappa shape index (κ3) is 3.08. The lowest BCUT2D eigenvalue weighted by molar-refractivity contribution is -0.135. The van der Waals surface area contributed by atoms with Gasteiger partial charge in [-0.05, 0) is 12.8 Å². The third-order valence-electron chi connectivity index (χ3n) is 5.91. The molecule has 1 aromatic rings. The number of aromatic nitrogens is 2. The summed E-state index contributed by atoms with van der Waals surface area (Å²) in [7, 11) is 0. The molecule has 1 unspecified atom stereocenters. The molecule has 140 valence electrons. The highest BCUT2D eigenvalue weighted by Crippen LogP contribution is 2.30. The molecule has 0 aromatic carbocycles. The molecule has 3 aliphatic rings. The van der Waals surface area contributed by atoms with Crippen LogP contribution >= 0.6 is 0 Å². The molecule has 1 saturated carbocycles. The van der Waals surface area contributed by atoms with Gasteiger partial charge < -0.3 is 20.1 Å². The fourth-order valence-corrected chi connectivity index (χ4v) is 4.49. The highest BCUT2D eigenvalue weighted by molar-refractivity contribution is 5.91. The van der Waals surface area contributed by atoms with Crippen molar-refractivity contribution in [2.24, 2.45) is 11.7 Å². The van der Waals surface area contributed by atoms with E-state index in [2.05, 4.69) is 4.98 Å². The van der Waals surface area contributed by atoms with Crippen molar-refractivity contribution < 1.29 is 14.4 Å². The number of imidazole rings is 1. The van der Waals surface area contributed by atoms with E-state index in [-0.39, 0.29) is 23.4 Å². The third-order valence-corrected chi connectivity index (χ3v) is 5.91. The Morgan fingerprint density at radius 3 is 2.65 bits per heavy atom. The van der Waals surface area contributed by atoms with Crippen LogP contribution in [0.25, 0.3) is 0 Å². The van der Waals surface area contributed by atoms with Crippen LogP contribution in [0.2, 0.25) is 0 Å². The average Bonchev–Trinajstić information content (AvgIpc) is 3.32. The molecule has 4 rings (SSSR count). The summed E-state index contributed by atoms with van der Waals surface area (Å²) in [6, 6.07) is 0.335. The molecule has 0 spiro atoms. The predicted molar refractivity (Wildman–Crippen MR) is 93.1 cm³/mol. The van der Waals surface area contributed by atoms with Crippen molar-refractivity contribution in [3.05, 3.63) is 17.7 Å². The van der Waals surface area contributed by atoms with Gasteiger partial charge in [-0.3, -0.25) is 14.4 Å². The van der Waals surface area contributed by atoms with E-state index in [1.807, 2.05) is 14.4 Å². The van der Waals surface area contributed by atoms with Gasteiger partial charge in [-0.25, -0.2) is 4.98 Å². The molecule has 3 heterocycles. The lowest BCUT2D eigenvalue weighted by Gasteiger charge is -2.26. The maximum Gasteiger partial charge on any atom is 0.268 e. The lowest BCUT2D eigenvalue weighted by Crippen LogP contribution is -2.40. The molecule has 0 radical (unpaired) electrons. The normalized spacial score (nSPS) is 24.0. The molecule has 1 atom stereocenters. The van der Waals surface area contributed by atoms with Crippen LogP contribution in [0, 0.1) is 5.92 Å². The summed E-state index contributed by atoms with van der Waals surface area (Å²) >= 11 is 0. The molecule has 2 aliphatic heterocycles. The Balaban J connectivity index is 1.39. The van der Waals surface area contributed by atoms with Crippen molar-refractivity contribution in [2.75, 3.05) is 19.6 Å². The topological polar surface area (TPSA) is 102 Å². The minimum Gasteiger partial charge on any atom is -0.364 e. The number of fused-ring (bicyclic) bond motifs is 1. The number of carbonyl (C=O) groups is 3. The Bertz CT molecular complexity index is 712. The molecule has 8 heteroatoms. The minimum absolute atomic E-state index is 0.0692. The van der Waals surface area contributed by atoms with Gasteiger partial charge in [0.05, 0.1) is 5.92 Å². The molecule has 3 amide bonds. The Kier molecular flexibility index (Phi) is 4.42. The second kappa shape index (κ2) is 6.74. The molecule has 2 fully saturated rings. The second-order valence-electron chi connectivity index (χ2n) is 7.56. The van der Waals surface area contributed by atoms with Crippen LogP contribution < -0.4 is 5.73 Å². The van der Waals surface area contributed by atoms with Crippen molar-refractivity contribution in [3.8, 4) is 0 Å². The molecule has 1 saturated heterocycles. The van der Waals surface area contributed by atoms with Gasteiger partial charge in [-0.1, -0.05) is 12.8 Å². The lowest BCUT2D eigenvalue weighted by atomic mass is 10.1. The maximum atomic E-state index is 13.0. The van der Waals surface area contributed by atoms with Crippen LogP contribution in [0.3, 0.4) is 0 Å². The zero-order valence-electron chi connectivity index (χ0n) is 14.9. The van der Waals surface area contributed by atoms with Gasteiger partial charge in [-0.2, -0.15) is 0 Å². The van der Waals surface area contributed by atoms with Gasteiger partial charge in [-0.15, -0.1) is 0 Å². The summed E-state index contributed by atoms with van der Waals surface area (Å²) in [4.78, 5) is 44.6. The van der Waals surface area contributed by atoms with Crippen LogP contribution in [0.4, 0.5) is 0 Å². The van der Waals surface area contributed by atoms with Gasteiger partial charge >= 0.3 is 0 Å². The van der Waals surface area contributed by atoms with Crippen molar-refractivity contribution in [1.29, 1.82) is 0 Å². The Labute approximate surface area is 152 Å². The number of nitrogens with zero attached hydrogens (tertiary/aromatic N) is 4. The highest BCUT2D eigenvalue weighted by Gasteiger charge is 2.40. The van der Waals surface area contributed by atoms with Gasteiger partial charge in [0.2, 0.25) is 11.8 Å². The Morgan fingerprint density at radius 1 is 1.15 bits per heavy atom. The summed E-state index contributed by atoms with van der Waals surface area (Å²) in [5.74, 6) is 0.220. The first-order valence-corrected chi connectivity index (χ1v) is 9.47. The van der Waals surface area contributed by atoms with E-state index < -0.39 is 5.91 Å². The first-order chi connectivity index (χ1) is 12.5. The number of primary amides is 1. The molecule has 1 aromatic heterocycles. The molecule has 1 aliphatic carbocycles. The van der Waals surface area contributed by atoms with E-state index in [1.54, 1.807) is 6.20 Å². The average molecular weight is 359 g/mol. The summed E-state index contributed by atoms with van der Waals surface area (Å²) in [6.45, 7) is 2.28. The van der Waals surface area contributed by atoms with Crippen molar-refractivity contribution in [3.63, 3.8) is 0 Å². The summed E-state index contributed by atoms with van der Waals surface area (Å²) in [5.41, 5.74) is 5.56. The predicted octanol–water partition coefficient (Wildman–Crippen LogP) is 0.158. The number of nitrogens with two attached hydrogens (primary N) is 1. The van der Waals surface area contributed by atoms with Crippen LogP contribution in [0.1, 0.15) is 48.4 Å². The molecular formula is C18H25N5O3. The fourth-order valence-electron chi connectivity index (χ4n) is 4.49. The van der Waals surface area contributed by atoms with Gasteiger partial charge in [0.15, 0.2) is 0 Å². The van der Waals surface area contributed by atoms with Crippen molar-refractivity contribution >= 4 is 17.7 Å². The number of rotatable bonds is 3. The van der Waals surface area contributed by atoms with Crippen molar-refractivity contribution in [1.82, 2.24) is 19.4 Å². The first-order valence-electron chi connectivity index (χ1n) is 9.47. The van der Waals surface area contributed by atoms with E-state index in [1.165, 1.54) is 12.8 Å². The van der Waals surface area contributed by atoms with Crippen LogP contribution in [0.5, 0.6) is 0 Å². The molecular weight excluding hydrogens is 334 g/mol. The summed E-state index contributed by atoms with van der Waals surface area (Å²) in [6.07, 6.45) is 7.08. The van der Waals surface area contributed by atoms with E-state index in [0.717, 1.165) is 18.7 Å². The standard InChI is InChI=1S/C18H25N5O3/c19-17(25)14-11-22-8-7-21(6-5-15(22)20-14)18(26)12-9-16(24)23(10-12)13-3-1-2-4-13/h11-13H,1-10H2,(H2,19,25). The van der Waals surface area contributed by atoms with Crippen LogP contribution in [-0.2, 0) is 22.6 Å². The number of hydrogen-bond donors (Lipinski definition) is 1. The fraction of sp³-hybridized carbons (Fsp3) is 0.667. The molecule has 2 N–H and O–H groups in total. The molecule has 8 nitrogen and oxygen atoms in total. The van der Waals surface area contributed by atoms with E-state index in [0.29, 0.717) is 45.1 Å². The second-order valence-corrected chi connectivity index (χ2v) is 7.56. The minimum atomic E-state index is -0.532. The maximum absolute atomic E-state index is 13.0. The largest absolute Gasteiger partial charge is 0.364 e. The smallest absolute Gasteiger partial charge is 0.268 e. The number of amides is 3. The number of likely N-dealkylation sites (tertiary alicyclic amines) is 1. The quantitative estimate of drug-likeness (QED) is 0.830. The number of carbonyl (C=O) groups excluding carboxylic acids is 3. The Hall–Kier alpha value is -2.38. The van der Waals surface area contributed by atoms with Gasteiger partial charge in [0, 0.05) is 51.3 Å². The van der Waals surface area contributed by atoms with E-state index >= 15 is 0 Å². The van der Waals surface area contributed by atoms with Crippen molar-refractivity contribution in [2.45, 2.75) is 51.1 Å². The SMILES string of the molecule is NC(=O)c1cn2c(n1)CCN(C(=O)C1CC(=O)N(C3CCCC3)C1)CC2. The highest BCUT2D eigenvalue weighted by atomic mass is 16.2. The summed E-state index contributed by atoms with van der Waals surface area (Å²) in [5, 5.41) is 0. The Morgan fingerprint density at radius 2 is 1.92 bits per heavy atom. The zero-order valence-corrected chi connectivity index (χ0v) is 14.9.